The minimum Gasteiger partial charge on any atom is -0.302 e. The molecule has 0 amide bonds. The van der Waals surface area contributed by atoms with Gasteiger partial charge in [0.15, 0.2) is 0 Å². The topological polar surface area (TPSA) is 34.0 Å². The summed E-state index contributed by atoms with van der Waals surface area (Å²) in [6.45, 7) is 4.27. The highest BCUT2D eigenvalue weighted by atomic mass is 32.2. The molecule has 0 aliphatic heterocycles. The average Bonchev–Trinajstić information content (AvgIpc) is 2.97. The normalized spacial score (nSPS) is 24.6. The van der Waals surface area contributed by atoms with E-state index in [4.69, 9.17) is 0 Å². The Morgan fingerprint density at radius 1 is 1.47 bits per heavy atom. The van der Waals surface area contributed by atoms with Gasteiger partial charge in [0.1, 0.15) is 12.7 Å². The van der Waals surface area contributed by atoms with Crippen molar-refractivity contribution < 1.29 is 0 Å². The molecule has 0 unspecified atom stereocenters. The van der Waals surface area contributed by atoms with E-state index >= 15 is 0 Å². The Kier molecular flexibility index (Phi) is 4.86. The van der Waals surface area contributed by atoms with Gasteiger partial charge in [-0.1, -0.05) is 6.92 Å². The first-order valence-electron chi connectivity index (χ1n) is 6.44. The molecule has 1 aromatic rings. The van der Waals surface area contributed by atoms with Crippen LogP contribution < -0.4 is 0 Å². The van der Waals surface area contributed by atoms with Gasteiger partial charge in [0.2, 0.25) is 0 Å². The summed E-state index contributed by atoms with van der Waals surface area (Å²) in [6.07, 6.45) is 7.48. The number of nitrogens with zero attached hydrogens (tertiary/aromatic N) is 4. The van der Waals surface area contributed by atoms with Crippen molar-refractivity contribution in [3.63, 3.8) is 0 Å². The van der Waals surface area contributed by atoms with Crippen LogP contribution in [-0.2, 0) is 6.54 Å². The molecule has 5 heteroatoms. The van der Waals surface area contributed by atoms with Gasteiger partial charge in [-0.25, -0.2) is 4.98 Å². The summed E-state index contributed by atoms with van der Waals surface area (Å²) < 4.78 is 1.91. The van der Waals surface area contributed by atoms with E-state index < -0.39 is 0 Å². The van der Waals surface area contributed by atoms with E-state index in [1.165, 1.54) is 25.0 Å². The Labute approximate surface area is 108 Å². The van der Waals surface area contributed by atoms with E-state index in [9.17, 15) is 0 Å². The first kappa shape index (κ1) is 12.9. The van der Waals surface area contributed by atoms with Crippen molar-refractivity contribution in [3.05, 3.63) is 12.7 Å². The van der Waals surface area contributed by atoms with Crippen LogP contribution in [0.1, 0.15) is 26.2 Å². The van der Waals surface area contributed by atoms with Crippen molar-refractivity contribution in [2.24, 2.45) is 0 Å². The number of aromatic nitrogens is 3. The number of thioether (sulfide) groups is 1. The third-order valence-corrected chi connectivity index (χ3v) is 4.76. The van der Waals surface area contributed by atoms with E-state index in [1.807, 2.05) is 4.68 Å². The van der Waals surface area contributed by atoms with Gasteiger partial charge in [-0.15, -0.1) is 0 Å². The van der Waals surface area contributed by atoms with Crippen LogP contribution in [0.4, 0.5) is 0 Å². The summed E-state index contributed by atoms with van der Waals surface area (Å²) in [6, 6.07) is 0.766. The Morgan fingerprint density at radius 3 is 3.06 bits per heavy atom. The van der Waals surface area contributed by atoms with Crippen molar-refractivity contribution in [3.8, 4) is 0 Å². The average molecular weight is 254 g/mol. The summed E-state index contributed by atoms with van der Waals surface area (Å²) in [4.78, 5) is 6.45. The molecule has 0 spiro atoms. The molecule has 17 heavy (non-hydrogen) atoms. The standard InChI is InChI=1S/C12H22N4S/c1-3-17-12-5-4-11(8-12)15(2)6-7-16-10-13-9-14-16/h9-12H,3-8H2,1-2H3/t11-,12-/m0/s1. The van der Waals surface area contributed by atoms with Gasteiger partial charge in [0, 0.05) is 17.8 Å². The predicted octanol–water partition coefficient (Wildman–Crippen LogP) is 1.88. The molecule has 1 fully saturated rings. The van der Waals surface area contributed by atoms with Crippen LogP contribution in [0.5, 0.6) is 0 Å². The molecule has 1 heterocycles. The second kappa shape index (κ2) is 6.40. The second-order valence-electron chi connectivity index (χ2n) is 4.68. The Bertz CT molecular complexity index is 314. The Morgan fingerprint density at radius 2 is 2.35 bits per heavy atom. The molecule has 1 aliphatic rings. The Hall–Kier alpha value is -0.550. The molecule has 0 N–H and O–H groups in total. The third kappa shape index (κ3) is 3.71. The number of likely N-dealkylation sites (N-methyl/N-ethyl adjacent to an activating group) is 1. The molecule has 0 radical (unpaired) electrons. The molecule has 0 aromatic carbocycles. The summed E-state index contributed by atoms with van der Waals surface area (Å²) in [5.41, 5.74) is 0. The van der Waals surface area contributed by atoms with E-state index in [1.54, 1.807) is 12.7 Å². The fourth-order valence-electron chi connectivity index (χ4n) is 2.50. The molecule has 1 aromatic heterocycles. The molecular weight excluding hydrogens is 232 g/mol. The lowest BCUT2D eigenvalue weighted by Gasteiger charge is -2.24. The molecule has 96 valence electrons. The molecule has 2 rings (SSSR count). The monoisotopic (exact) mass is 254 g/mol. The van der Waals surface area contributed by atoms with Crippen LogP contribution in [0, 0.1) is 0 Å². The van der Waals surface area contributed by atoms with Crippen molar-refractivity contribution in [1.29, 1.82) is 0 Å². The van der Waals surface area contributed by atoms with Gasteiger partial charge in [-0.3, -0.25) is 4.68 Å². The minimum absolute atomic E-state index is 0.766. The Balaban J connectivity index is 1.71. The zero-order valence-electron chi connectivity index (χ0n) is 10.7. The van der Waals surface area contributed by atoms with Crippen LogP contribution in [0.3, 0.4) is 0 Å². The van der Waals surface area contributed by atoms with Crippen LogP contribution in [0.2, 0.25) is 0 Å². The van der Waals surface area contributed by atoms with Crippen molar-refractivity contribution in [2.45, 2.75) is 44.0 Å². The van der Waals surface area contributed by atoms with Crippen molar-refractivity contribution >= 4 is 11.8 Å². The SMILES string of the molecule is CCS[C@H]1CC[C@H](N(C)CCn2cncn2)C1. The fraction of sp³-hybridized carbons (Fsp3) is 0.833. The molecule has 0 saturated heterocycles. The summed E-state index contributed by atoms with van der Waals surface area (Å²) in [5.74, 6) is 1.25. The minimum atomic E-state index is 0.766. The lowest BCUT2D eigenvalue weighted by atomic mass is 10.2. The quantitative estimate of drug-likeness (QED) is 0.776. The molecule has 0 bridgehead atoms. The maximum atomic E-state index is 4.13. The first-order valence-corrected chi connectivity index (χ1v) is 7.48. The highest BCUT2D eigenvalue weighted by Gasteiger charge is 2.27. The summed E-state index contributed by atoms with van der Waals surface area (Å²) in [7, 11) is 2.24. The fourth-order valence-corrected chi connectivity index (χ4v) is 3.63. The predicted molar refractivity (Wildman–Crippen MR) is 72.2 cm³/mol. The maximum Gasteiger partial charge on any atom is 0.137 e. The maximum absolute atomic E-state index is 4.13. The van der Waals surface area contributed by atoms with Crippen molar-refractivity contribution in [2.75, 3.05) is 19.3 Å². The van der Waals surface area contributed by atoms with E-state index in [0.717, 1.165) is 24.4 Å². The second-order valence-corrected chi connectivity index (χ2v) is 6.26. The van der Waals surface area contributed by atoms with E-state index in [-0.39, 0.29) is 0 Å². The largest absolute Gasteiger partial charge is 0.302 e. The van der Waals surface area contributed by atoms with Gasteiger partial charge in [-0.2, -0.15) is 16.9 Å². The molecule has 2 atom stereocenters. The molecule has 1 saturated carbocycles. The molecular formula is C12H22N4S. The smallest absolute Gasteiger partial charge is 0.137 e. The van der Waals surface area contributed by atoms with Crippen LogP contribution in [0.15, 0.2) is 12.7 Å². The van der Waals surface area contributed by atoms with Gasteiger partial charge >= 0.3 is 0 Å². The first-order chi connectivity index (χ1) is 8.29. The summed E-state index contributed by atoms with van der Waals surface area (Å²) >= 11 is 2.12. The lowest BCUT2D eigenvalue weighted by Crippen LogP contribution is -2.32. The van der Waals surface area contributed by atoms with Crippen molar-refractivity contribution in [1.82, 2.24) is 19.7 Å². The highest BCUT2D eigenvalue weighted by molar-refractivity contribution is 7.99. The summed E-state index contributed by atoms with van der Waals surface area (Å²) in [5, 5.41) is 5.02. The number of rotatable bonds is 6. The van der Waals surface area contributed by atoms with Crippen LogP contribution in [-0.4, -0.2) is 50.3 Å². The van der Waals surface area contributed by atoms with Gasteiger partial charge in [0.25, 0.3) is 0 Å². The van der Waals surface area contributed by atoms with Crippen LogP contribution in [0.25, 0.3) is 0 Å². The molecule has 1 aliphatic carbocycles. The van der Waals surface area contributed by atoms with Gasteiger partial charge < -0.3 is 4.90 Å². The number of hydrogen-bond donors (Lipinski definition) is 0. The lowest BCUT2D eigenvalue weighted by molar-refractivity contribution is 0.233. The van der Waals surface area contributed by atoms with Gasteiger partial charge in [-0.05, 0) is 32.1 Å². The van der Waals surface area contributed by atoms with E-state index in [2.05, 4.69) is 40.7 Å². The zero-order chi connectivity index (χ0) is 12.1. The van der Waals surface area contributed by atoms with E-state index in [0.29, 0.717) is 0 Å². The third-order valence-electron chi connectivity index (χ3n) is 3.53. The van der Waals surface area contributed by atoms with Crippen LogP contribution >= 0.6 is 11.8 Å². The number of hydrogen-bond acceptors (Lipinski definition) is 4. The zero-order valence-corrected chi connectivity index (χ0v) is 11.6. The highest BCUT2D eigenvalue weighted by Crippen LogP contribution is 2.31. The van der Waals surface area contributed by atoms with Gasteiger partial charge in [0.05, 0.1) is 6.54 Å². The molecule has 4 nitrogen and oxygen atoms in total.